The lowest BCUT2D eigenvalue weighted by atomic mass is 9.72. The van der Waals surface area contributed by atoms with Gasteiger partial charge in [0.1, 0.15) is 0 Å². The summed E-state index contributed by atoms with van der Waals surface area (Å²) in [7, 11) is 1.80. The average Bonchev–Trinajstić information content (AvgIpc) is 2.68. The summed E-state index contributed by atoms with van der Waals surface area (Å²) in [6, 6.07) is 14.8. The van der Waals surface area contributed by atoms with Crippen LogP contribution in [0.1, 0.15) is 72.6 Å². The zero-order valence-corrected chi connectivity index (χ0v) is 16.4. The van der Waals surface area contributed by atoms with Crippen molar-refractivity contribution in [1.82, 2.24) is 0 Å². The number of rotatable bonds is 4. The second-order valence-electron chi connectivity index (χ2n) is 7.61. The molecule has 0 aromatic heterocycles. The summed E-state index contributed by atoms with van der Waals surface area (Å²) < 4.78 is 0. The summed E-state index contributed by atoms with van der Waals surface area (Å²) in [5, 5.41) is 0. The van der Waals surface area contributed by atoms with Gasteiger partial charge in [-0.1, -0.05) is 54.8 Å². The van der Waals surface area contributed by atoms with E-state index in [0.29, 0.717) is 11.7 Å². The quantitative estimate of drug-likeness (QED) is 0.481. The maximum atomic E-state index is 13.4. The molecule has 2 heteroatoms. The van der Waals surface area contributed by atoms with Gasteiger partial charge in [-0.25, -0.2) is 0 Å². The van der Waals surface area contributed by atoms with Crippen LogP contribution in [-0.4, -0.2) is 18.5 Å². The molecule has 0 amide bonds. The van der Waals surface area contributed by atoms with Gasteiger partial charge in [0.2, 0.25) is 0 Å². The summed E-state index contributed by atoms with van der Waals surface area (Å²) in [5.74, 6) is 0.712. The SMILES string of the molecule is CN=C(C)c1cc(C(=O)C2CCCC[C@H]2c2ccc(C)cc2)ccc1C.[HH]. The van der Waals surface area contributed by atoms with Crippen molar-refractivity contribution < 1.29 is 6.22 Å². The molecule has 2 atom stereocenters. The average molecular weight is 350 g/mol. The topological polar surface area (TPSA) is 29.4 Å². The van der Waals surface area contributed by atoms with Crippen molar-refractivity contribution in [3.05, 3.63) is 70.3 Å². The molecule has 26 heavy (non-hydrogen) atoms. The van der Waals surface area contributed by atoms with Gasteiger partial charge in [0.15, 0.2) is 5.78 Å². The molecule has 0 saturated heterocycles. The van der Waals surface area contributed by atoms with Crippen molar-refractivity contribution in [3.8, 4) is 0 Å². The highest BCUT2D eigenvalue weighted by molar-refractivity contribution is 6.04. The van der Waals surface area contributed by atoms with E-state index in [1.807, 2.05) is 19.1 Å². The van der Waals surface area contributed by atoms with Crippen LogP contribution in [0.15, 0.2) is 47.5 Å². The van der Waals surface area contributed by atoms with Crippen LogP contribution in [0.5, 0.6) is 0 Å². The highest BCUT2D eigenvalue weighted by Gasteiger charge is 2.32. The molecule has 1 unspecified atom stereocenters. The lowest BCUT2D eigenvalue weighted by molar-refractivity contribution is 0.0868. The predicted molar refractivity (Wildman–Crippen MR) is 112 cm³/mol. The number of aliphatic imine (C=N–C) groups is 1. The van der Waals surface area contributed by atoms with Gasteiger partial charge in [-0.3, -0.25) is 9.79 Å². The van der Waals surface area contributed by atoms with Crippen molar-refractivity contribution in [2.24, 2.45) is 10.9 Å². The Bertz CT molecular complexity index is 823. The van der Waals surface area contributed by atoms with Gasteiger partial charge in [-0.15, -0.1) is 0 Å². The minimum Gasteiger partial charge on any atom is -0.294 e. The Morgan fingerprint density at radius 2 is 1.73 bits per heavy atom. The van der Waals surface area contributed by atoms with E-state index >= 15 is 0 Å². The standard InChI is InChI=1S/C24H29NO.H2/c1-16-9-12-19(13-10-16)21-7-5-6-8-22(21)24(26)20-14-11-17(2)23(15-20)18(3)25-4;/h9-15,21-22H,5-8H2,1-4H3;1H/t21-,22?;/m0./s1. The van der Waals surface area contributed by atoms with Crippen molar-refractivity contribution in [3.63, 3.8) is 0 Å². The van der Waals surface area contributed by atoms with Crippen LogP contribution >= 0.6 is 0 Å². The molecule has 0 heterocycles. The van der Waals surface area contributed by atoms with E-state index in [1.54, 1.807) is 7.05 Å². The lowest BCUT2D eigenvalue weighted by Gasteiger charge is -2.31. The van der Waals surface area contributed by atoms with Crippen molar-refractivity contribution in [2.75, 3.05) is 7.05 Å². The van der Waals surface area contributed by atoms with Gasteiger partial charge in [0.25, 0.3) is 0 Å². The Morgan fingerprint density at radius 1 is 1.04 bits per heavy atom. The third-order valence-electron chi connectivity index (χ3n) is 5.86. The van der Waals surface area contributed by atoms with Gasteiger partial charge in [0, 0.05) is 25.7 Å². The van der Waals surface area contributed by atoms with Gasteiger partial charge in [-0.05, 0) is 62.3 Å². The Hall–Kier alpha value is -2.22. The number of hydrogen-bond donors (Lipinski definition) is 0. The molecule has 2 aromatic rings. The summed E-state index contributed by atoms with van der Waals surface area (Å²) in [6.45, 7) is 6.19. The molecule has 0 bridgehead atoms. The second kappa shape index (κ2) is 7.99. The zero-order valence-electron chi connectivity index (χ0n) is 16.4. The first-order chi connectivity index (χ1) is 12.5. The van der Waals surface area contributed by atoms with E-state index in [4.69, 9.17) is 0 Å². The molecule has 1 aliphatic carbocycles. The Labute approximate surface area is 158 Å². The molecule has 1 fully saturated rings. The monoisotopic (exact) mass is 349 g/mol. The zero-order chi connectivity index (χ0) is 18.7. The summed E-state index contributed by atoms with van der Waals surface area (Å²) >= 11 is 0. The summed E-state index contributed by atoms with van der Waals surface area (Å²) in [6.07, 6.45) is 4.45. The number of carbonyl (C=O) groups excluding carboxylic acids is 1. The summed E-state index contributed by atoms with van der Waals surface area (Å²) in [5.41, 5.74) is 6.65. The molecule has 0 radical (unpaired) electrons. The molecular weight excluding hydrogens is 318 g/mol. The number of benzene rings is 2. The number of aryl methyl sites for hydroxylation is 2. The molecule has 2 nitrogen and oxygen atoms in total. The van der Waals surface area contributed by atoms with Gasteiger partial charge in [-0.2, -0.15) is 0 Å². The molecule has 2 aromatic carbocycles. The van der Waals surface area contributed by atoms with E-state index < -0.39 is 0 Å². The highest BCUT2D eigenvalue weighted by atomic mass is 16.1. The van der Waals surface area contributed by atoms with Crippen LogP contribution in [-0.2, 0) is 0 Å². The van der Waals surface area contributed by atoms with Crippen molar-refractivity contribution >= 4 is 11.5 Å². The maximum absolute atomic E-state index is 13.4. The van der Waals surface area contributed by atoms with Crippen LogP contribution in [0, 0.1) is 19.8 Å². The number of hydrogen-bond acceptors (Lipinski definition) is 2. The molecule has 0 spiro atoms. The second-order valence-corrected chi connectivity index (χ2v) is 7.61. The fourth-order valence-corrected chi connectivity index (χ4v) is 4.16. The number of Topliss-reactive ketones (excluding diaryl/α,β-unsaturated/α-hetero) is 1. The van der Waals surface area contributed by atoms with Crippen LogP contribution < -0.4 is 0 Å². The Balaban J connectivity index is 0.00000261. The fraction of sp³-hybridized carbons (Fsp3) is 0.417. The van der Waals surface area contributed by atoms with Crippen LogP contribution in [0.25, 0.3) is 0 Å². The van der Waals surface area contributed by atoms with Crippen LogP contribution in [0.4, 0.5) is 0 Å². The molecule has 138 valence electrons. The largest absolute Gasteiger partial charge is 0.294 e. The highest BCUT2D eigenvalue weighted by Crippen LogP contribution is 2.39. The van der Waals surface area contributed by atoms with Gasteiger partial charge < -0.3 is 0 Å². The first-order valence-corrected chi connectivity index (χ1v) is 9.66. The maximum Gasteiger partial charge on any atom is 0.166 e. The molecule has 3 rings (SSSR count). The van der Waals surface area contributed by atoms with Gasteiger partial charge >= 0.3 is 0 Å². The van der Waals surface area contributed by atoms with Crippen molar-refractivity contribution in [1.29, 1.82) is 0 Å². The Kier molecular flexibility index (Phi) is 5.70. The molecule has 1 saturated carbocycles. The number of ketones is 1. The molecule has 0 N–H and O–H groups in total. The van der Waals surface area contributed by atoms with E-state index in [1.165, 1.54) is 23.1 Å². The number of carbonyl (C=O) groups is 1. The lowest BCUT2D eigenvalue weighted by Crippen LogP contribution is -2.26. The third-order valence-corrected chi connectivity index (χ3v) is 5.86. The summed E-state index contributed by atoms with van der Waals surface area (Å²) in [4.78, 5) is 17.7. The first kappa shape index (κ1) is 18.6. The molecular formula is C24H31NO. The Morgan fingerprint density at radius 3 is 2.42 bits per heavy atom. The minimum atomic E-state index is 0. The number of nitrogens with zero attached hydrogens (tertiary/aromatic N) is 1. The van der Waals surface area contributed by atoms with E-state index in [9.17, 15) is 4.79 Å². The molecule has 1 aliphatic rings. The van der Waals surface area contributed by atoms with Crippen LogP contribution in [0.2, 0.25) is 0 Å². The van der Waals surface area contributed by atoms with E-state index in [2.05, 4.69) is 49.2 Å². The third kappa shape index (κ3) is 3.80. The van der Waals surface area contributed by atoms with Gasteiger partial charge in [0.05, 0.1) is 0 Å². The van der Waals surface area contributed by atoms with Crippen LogP contribution in [0.3, 0.4) is 0 Å². The van der Waals surface area contributed by atoms with E-state index in [-0.39, 0.29) is 7.34 Å². The fourth-order valence-electron chi connectivity index (χ4n) is 4.16. The normalized spacial score (nSPS) is 20.8. The van der Waals surface area contributed by atoms with E-state index in [0.717, 1.165) is 36.1 Å². The smallest absolute Gasteiger partial charge is 0.166 e. The minimum absolute atomic E-state index is 0. The van der Waals surface area contributed by atoms with Crippen molar-refractivity contribution in [2.45, 2.75) is 52.4 Å². The molecule has 0 aliphatic heterocycles. The first-order valence-electron chi connectivity index (χ1n) is 9.66. The predicted octanol–water partition coefficient (Wildman–Crippen LogP) is 6.14.